The number of nitrogens with one attached hydrogen (secondary N) is 1. The van der Waals surface area contributed by atoms with Gasteiger partial charge in [-0.15, -0.1) is 0 Å². The van der Waals surface area contributed by atoms with Crippen molar-refractivity contribution in [1.82, 2.24) is 14.5 Å². The second-order valence-corrected chi connectivity index (χ2v) is 7.93. The maximum atomic E-state index is 13.1. The van der Waals surface area contributed by atoms with Gasteiger partial charge in [-0.2, -0.15) is 0 Å². The molecule has 0 bridgehead atoms. The first-order valence-corrected chi connectivity index (χ1v) is 9.44. The number of hydrogen-bond donors (Lipinski definition) is 1. The smallest absolute Gasteiger partial charge is 0.257 e. The molecule has 1 atom stereocenters. The van der Waals surface area contributed by atoms with Crippen molar-refractivity contribution in [2.75, 3.05) is 0 Å². The quantitative estimate of drug-likeness (QED) is 0.620. The average Bonchev–Trinajstić information content (AvgIpc) is 2.93. The molecule has 2 aromatic heterocycles. The van der Waals surface area contributed by atoms with Crippen LogP contribution in [0.5, 0.6) is 0 Å². The van der Waals surface area contributed by atoms with E-state index < -0.39 is 0 Å². The number of hydrogen-bond acceptors (Lipinski definition) is 2. The first-order valence-electron chi connectivity index (χ1n) is 8.69. The Balaban J connectivity index is 1.87. The zero-order valence-corrected chi connectivity index (χ0v) is 15.3. The highest BCUT2D eigenvalue weighted by Gasteiger charge is 2.31. The summed E-state index contributed by atoms with van der Waals surface area (Å²) < 4.78 is 1.86. The van der Waals surface area contributed by atoms with E-state index in [1.54, 1.807) is 6.07 Å². The number of benzene rings is 1. The summed E-state index contributed by atoms with van der Waals surface area (Å²) in [5.41, 5.74) is 4.93. The minimum Gasteiger partial charge on any atom is -0.352 e. The summed E-state index contributed by atoms with van der Waals surface area (Å²) in [6.45, 7) is 2.08. The summed E-state index contributed by atoms with van der Waals surface area (Å²) in [6.07, 6.45) is 4.65. The van der Waals surface area contributed by atoms with Crippen LogP contribution in [0.2, 0.25) is 10.0 Å². The summed E-state index contributed by atoms with van der Waals surface area (Å²) in [5.74, 6) is 0.739. The summed E-state index contributed by atoms with van der Waals surface area (Å²) in [5, 5.41) is 2.23. The molecule has 25 heavy (non-hydrogen) atoms. The average molecular weight is 374 g/mol. The molecule has 1 aliphatic carbocycles. The van der Waals surface area contributed by atoms with E-state index >= 15 is 0 Å². The topological polar surface area (TPSA) is 50.7 Å². The zero-order chi connectivity index (χ0) is 17.3. The number of aromatic amines is 1. The molecular weight excluding hydrogens is 357 g/mol. The Morgan fingerprint density at radius 2 is 2.00 bits per heavy atom. The predicted molar refractivity (Wildman–Crippen MR) is 101 cm³/mol. The molecule has 1 N–H and O–H groups in total. The maximum Gasteiger partial charge on any atom is 0.257 e. The highest BCUT2D eigenvalue weighted by molar-refractivity contribution is 6.39. The second kappa shape index (κ2) is 5.36. The Hall–Kier alpha value is -1.78. The van der Waals surface area contributed by atoms with Crippen LogP contribution in [0.15, 0.2) is 16.9 Å². The number of aryl methyl sites for hydroxylation is 1. The van der Waals surface area contributed by atoms with E-state index in [2.05, 4.69) is 11.9 Å². The third-order valence-corrected chi connectivity index (χ3v) is 5.98. The predicted octanol–water partition coefficient (Wildman–Crippen LogP) is 4.69. The zero-order valence-electron chi connectivity index (χ0n) is 13.8. The largest absolute Gasteiger partial charge is 0.352 e. The molecular formula is C19H17Cl2N3O. The summed E-state index contributed by atoms with van der Waals surface area (Å²) >= 11 is 12.6. The highest BCUT2D eigenvalue weighted by Crippen LogP contribution is 2.41. The van der Waals surface area contributed by atoms with Gasteiger partial charge in [0.15, 0.2) is 5.82 Å². The molecule has 2 aliphatic rings. The van der Waals surface area contributed by atoms with Crippen molar-refractivity contribution in [3.05, 3.63) is 49.4 Å². The van der Waals surface area contributed by atoms with E-state index in [-0.39, 0.29) is 11.6 Å². The van der Waals surface area contributed by atoms with E-state index in [0.29, 0.717) is 10.0 Å². The molecule has 5 rings (SSSR count). The molecule has 1 unspecified atom stereocenters. The molecule has 0 saturated heterocycles. The minimum absolute atomic E-state index is 0.0560. The van der Waals surface area contributed by atoms with Crippen molar-refractivity contribution < 1.29 is 0 Å². The molecule has 0 fully saturated rings. The monoisotopic (exact) mass is 373 g/mol. The van der Waals surface area contributed by atoms with Gasteiger partial charge in [0.1, 0.15) is 0 Å². The summed E-state index contributed by atoms with van der Waals surface area (Å²) in [4.78, 5) is 21.4. The Labute approximate surface area is 154 Å². The van der Waals surface area contributed by atoms with E-state index in [0.717, 1.165) is 71.3 Å². The van der Waals surface area contributed by atoms with Crippen molar-refractivity contribution >= 4 is 34.1 Å². The molecule has 1 aliphatic heterocycles. The van der Waals surface area contributed by atoms with Gasteiger partial charge in [-0.05, 0) is 56.7 Å². The van der Waals surface area contributed by atoms with Crippen LogP contribution in [-0.2, 0) is 19.3 Å². The lowest BCUT2D eigenvalue weighted by Crippen LogP contribution is -2.34. The van der Waals surface area contributed by atoms with Gasteiger partial charge < -0.3 is 4.98 Å². The summed E-state index contributed by atoms with van der Waals surface area (Å²) in [7, 11) is 0. The van der Waals surface area contributed by atoms with E-state index in [1.165, 1.54) is 0 Å². The van der Waals surface area contributed by atoms with Gasteiger partial charge in [0.25, 0.3) is 5.56 Å². The van der Waals surface area contributed by atoms with E-state index in [4.69, 9.17) is 28.2 Å². The van der Waals surface area contributed by atoms with Crippen LogP contribution >= 0.6 is 23.2 Å². The molecule has 0 spiro atoms. The first kappa shape index (κ1) is 15.5. The van der Waals surface area contributed by atoms with Gasteiger partial charge in [-0.25, -0.2) is 4.98 Å². The Morgan fingerprint density at radius 1 is 1.20 bits per heavy atom. The molecule has 0 amide bonds. The molecule has 6 heteroatoms. The van der Waals surface area contributed by atoms with Gasteiger partial charge in [0.2, 0.25) is 0 Å². The number of nitrogens with zero attached hydrogens (tertiary/aromatic N) is 2. The van der Waals surface area contributed by atoms with Gasteiger partial charge in [0, 0.05) is 27.5 Å². The van der Waals surface area contributed by atoms with Gasteiger partial charge in [-0.3, -0.25) is 9.36 Å². The SMILES string of the molecule is CC1Cc2c([nH]c3cc(Cl)cc(Cl)c23)-c2nc3c(c(=O)n21)CCCC3. The van der Waals surface area contributed by atoms with Crippen LogP contribution in [-0.4, -0.2) is 14.5 Å². The number of fused-ring (bicyclic) bond motifs is 6. The standard InChI is InChI=1S/C19H17Cl2N3O/c1-9-6-12-16-13(21)7-10(20)8-15(16)22-17(12)18-23-14-5-3-2-4-11(14)19(25)24(9)18/h7-9,22H,2-6H2,1H3. The molecule has 128 valence electrons. The number of rotatable bonds is 0. The van der Waals surface area contributed by atoms with Crippen molar-refractivity contribution in [1.29, 1.82) is 0 Å². The van der Waals surface area contributed by atoms with E-state index in [9.17, 15) is 4.79 Å². The normalized spacial score (nSPS) is 18.8. The molecule has 0 saturated carbocycles. The van der Waals surface area contributed by atoms with Crippen LogP contribution in [0.3, 0.4) is 0 Å². The Bertz CT molecular complexity index is 1100. The lowest BCUT2D eigenvalue weighted by Gasteiger charge is -2.27. The molecule has 3 heterocycles. The Morgan fingerprint density at radius 3 is 2.84 bits per heavy atom. The highest BCUT2D eigenvalue weighted by atomic mass is 35.5. The van der Waals surface area contributed by atoms with Crippen LogP contribution in [0.25, 0.3) is 22.4 Å². The van der Waals surface area contributed by atoms with Crippen molar-refractivity contribution in [3.63, 3.8) is 0 Å². The fourth-order valence-electron chi connectivity index (χ4n) is 4.35. The lowest BCUT2D eigenvalue weighted by molar-refractivity contribution is 0.499. The van der Waals surface area contributed by atoms with Crippen LogP contribution in [0.1, 0.15) is 42.6 Å². The second-order valence-electron chi connectivity index (χ2n) is 7.08. The molecule has 1 aromatic carbocycles. The fraction of sp³-hybridized carbons (Fsp3) is 0.368. The number of aromatic nitrogens is 3. The maximum absolute atomic E-state index is 13.1. The first-order chi connectivity index (χ1) is 12.0. The molecule has 3 aromatic rings. The third kappa shape index (κ3) is 2.14. The minimum atomic E-state index is 0.0560. The lowest BCUT2D eigenvalue weighted by atomic mass is 9.94. The van der Waals surface area contributed by atoms with E-state index in [1.807, 2.05) is 10.6 Å². The molecule has 4 nitrogen and oxygen atoms in total. The molecule has 0 radical (unpaired) electrons. The van der Waals surface area contributed by atoms with Gasteiger partial charge >= 0.3 is 0 Å². The third-order valence-electron chi connectivity index (χ3n) is 5.47. The van der Waals surface area contributed by atoms with Crippen molar-refractivity contribution in [2.45, 2.75) is 45.1 Å². The van der Waals surface area contributed by atoms with Crippen LogP contribution in [0.4, 0.5) is 0 Å². The van der Waals surface area contributed by atoms with Crippen LogP contribution in [0, 0.1) is 0 Å². The van der Waals surface area contributed by atoms with Gasteiger partial charge in [-0.1, -0.05) is 23.2 Å². The number of halogens is 2. The number of H-pyrrole nitrogens is 1. The van der Waals surface area contributed by atoms with Crippen molar-refractivity contribution in [3.8, 4) is 11.5 Å². The van der Waals surface area contributed by atoms with Gasteiger partial charge in [0.05, 0.1) is 16.4 Å². The van der Waals surface area contributed by atoms with Crippen molar-refractivity contribution in [2.24, 2.45) is 0 Å². The fourth-order valence-corrected chi connectivity index (χ4v) is 4.95. The Kier molecular flexibility index (Phi) is 3.32. The van der Waals surface area contributed by atoms with Crippen LogP contribution < -0.4 is 5.56 Å². The summed E-state index contributed by atoms with van der Waals surface area (Å²) in [6, 6.07) is 3.71.